The number of benzene rings is 2. The molecule has 0 spiro atoms. The lowest BCUT2D eigenvalue weighted by Gasteiger charge is -2.24. The number of aromatic nitrogens is 2. The van der Waals surface area contributed by atoms with Crippen LogP contribution >= 0.6 is 0 Å². The van der Waals surface area contributed by atoms with Crippen molar-refractivity contribution in [1.29, 1.82) is 0 Å². The van der Waals surface area contributed by atoms with Gasteiger partial charge in [-0.05, 0) is 48.2 Å². The molecule has 0 fully saturated rings. The summed E-state index contributed by atoms with van der Waals surface area (Å²) in [7, 11) is 0. The molecule has 0 radical (unpaired) electrons. The minimum atomic E-state index is -0.205. The van der Waals surface area contributed by atoms with Gasteiger partial charge in [-0.2, -0.15) is 5.10 Å². The zero-order chi connectivity index (χ0) is 22.3. The fourth-order valence-electron chi connectivity index (χ4n) is 3.74. The molecule has 4 rings (SSSR count). The molecule has 8 heteroatoms. The molecule has 8 nitrogen and oxygen atoms in total. The second-order valence-electron chi connectivity index (χ2n) is 7.82. The van der Waals surface area contributed by atoms with E-state index in [1.807, 2.05) is 42.5 Å². The van der Waals surface area contributed by atoms with Gasteiger partial charge in [0.15, 0.2) is 0 Å². The van der Waals surface area contributed by atoms with E-state index in [2.05, 4.69) is 21.0 Å². The van der Waals surface area contributed by atoms with Crippen LogP contribution in [0.2, 0.25) is 0 Å². The summed E-state index contributed by atoms with van der Waals surface area (Å²) in [4.78, 5) is 36.7. The Bertz CT molecular complexity index is 1110. The number of amides is 3. The Kier molecular flexibility index (Phi) is 6.60. The third kappa shape index (κ3) is 5.60. The molecule has 1 atom stereocenters. The molecule has 2 aromatic carbocycles. The van der Waals surface area contributed by atoms with Gasteiger partial charge in [0.25, 0.3) is 0 Å². The molecule has 32 heavy (non-hydrogen) atoms. The third-order valence-corrected chi connectivity index (χ3v) is 5.40. The Morgan fingerprint density at radius 3 is 2.81 bits per heavy atom. The van der Waals surface area contributed by atoms with Gasteiger partial charge in [0, 0.05) is 42.7 Å². The molecule has 0 saturated carbocycles. The highest BCUT2D eigenvalue weighted by atomic mass is 16.2. The van der Waals surface area contributed by atoms with Crippen molar-refractivity contribution in [2.75, 3.05) is 10.6 Å². The van der Waals surface area contributed by atoms with Gasteiger partial charge in [-0.25, -0.2) is 0 Å². The lowest BCUT2D eigenvalue weighted by Crippen LogP contribution is -2.31. The Morgan fingerprint density at radius 2 is 1.97 bits per heavy atom. The molecular formula is C24H25N5O3. The zero-order valence-electron chi connectivity index (χ0n) is 17.6. The third-order valence-electron chi connectivity index (χ3n) is 5.40. The molecule has 0 bridgehead atoms. The van der Waals surface area contributed by atoms with Gasteiger partial charge in [-0.1, -0.05) is 30.3 Å². The quantitative estimate of drug-likeness (QED) is 0.510. The van der Waals surface area contributed by atoms with Crippen molar-refractivity contribution in [1.82, 2.24) is 15.1 Å². The number of nitrogens with one attached hydrogen (secondary N) is 3. The maximum atomic E-state index is 12.3. The van der Waals surface area contributed by atoms with Crippen LogP contribution in [0.4, 0.5) is 11.4 Å². The molecule has 0 saturated heterocycles. The van der Waals surface area contributed by atoms with Crippen LogP contribution in [0.1, 0.15) is 24.0 Å². The summed E-state index contributed by atoms with van der Waals surface area (Å²) in [6.45, 7) is 0.481. The number of anilines is 2. The van der Waals surface area contributed by atoms with Gasteiger partial charge < -0.3 is 16.0 Å². The number of para-hydroxylation sites is 1. The normalized spacial score (nSPS) is 14.9. The smallest absolute Gasteiger partial charge is 0.246 e. The monoisotopic (exact) mass is 431 g/mol. The molecule has 1 unspecified atom stereocenters. The van der Waals surface area contributed by atoms with Gasteiger partial charge in [0.2, 0.25) is 17.7 Å². The summed E-state index contributed by atoms with van der Waals surface area (Å²) in [6, 6.07) is 16.8. The van der Waals surface area contributed by atoms with E-state index in [-0.39, 0.29) is 36.6 Å². The van der Waals surface area contributed by atoms with Crippen molar-refractivity contribution in [2.45, 2.75) is 32.4 Å². The van der Waals surface area contributed by atoms with E-state index in [0.717, 1.165) is 16.8 Å². The van der Waals surface area contributed by atoms with E-state index in [1.165, 1.54) is 0 Å². The zero-order valence-corrected chi connectivity index (χ0v) is 17.6. The molecule has 3 aromatic rings. The molecule has 1 aliphatic rings. The highest BCUT2D eigenvalue weighted by Crippen LogP contribution is 2.27. The van der Waals surface area contributed by atoms with E-state index in [0.29, 0.717) is 25.1 Å². The molecule has 164 valence electrons. The molecule has 3 N–H and O–H groups in total. The lowest BCUT2D eigenvalue weighted by atomic mass is 9.89. The average molecular weight is 431 g/mol. The topological polar surface area (TPSA) is 105 Å². The average Bonchev–Trinajstić information content (AvgIpc) is 3.29. The minimum Gasteiger partial charge on any atom is -0.352 e. The van der Waals surface area contributed by atoms with Crippen molar-refractivity contribution in [2.24, 2.45) is 5.92 Å². The Hall–Kier alpha value is -3.94. The minimum absolute atomic E-state index is 0.0324. The Balaban J connectivity index is 1.23. The fourth-order valence-corrected chi connectivity index (χ4v) is 3.74. The Morgan fingerprint density at radius 1 is 1.09 bits per heavy atom. The summed E-state index contributed by atoms with van der Waals surface area (Å²) >= 11 is 0. The lowest BCUT2D eigenvalue weighted by molar-refractivity contribution is -0.123. The van der Waals surface area contributed by atoms with Crippen molar-refractivity contribution >= 4 is 29.1 Å². The Labute approximate surface area is 186 Å². The van der Waals surface area contributed by atoms with Crippen LogP contribution in [0.5, 0.6) is 0 Å². The molecule has 1 aromatic heterocycles. The number of nitrogens with zero attached hydrogens (tertiary/aromatic N) is 2. The number of hydrogen-bond donors (Lipinski definition) is 3. The first-order valence-electron chi connectivity index (χ1n) is 10.6. The SMILES string of the molecule is O=C(CCC1Cc2ccccc2NC1=O)NCc1cccc(NC(=O)Cn2cccn2)c1. The second-order valence-corrected chi connectivity index (χ2v) is 7.82. The summed E-state index contributed by atoms with van der Waals surface area (Å²) in [6.07, 6.45) is 4.77. The van der Waals surface area contributed by atoms with Crippen LogP contribution < -0.4 is 16.0 Å². The molecule has 1 aliphatic heterocycles. The number of carbonyl (C=O) groups is 3. The largest absolute Gasteiger partial charge is 0.352 e. The van der Waals surface area contributed by atoms with Crippen molar-refractivity contribution in [3.8, 4) is 0 Å². The summed E-state index contributed by atoms with van der Waals surface area (Å²) in [5.74, 6) is -0.522. The van der Waals surface area contributed by atoms with Gasteiger partial charge >= 0.3 is 0 Å². The predicted octanol–water partition coefficient (Wildman–Crippen LogP) is 2.73. The van der Waals surface area contributed by atoms with Crippen LogP contribution in [-0.4, -0.2) is 27.5 Å². The maximum Gasteiger partial charge on any atom is 0.246 e. The van der Waals surface area contributed by atoms with E-state index in [4.69, 9.17) is 0 Å². The van der Waals surface area contributed by atoms with Gasteiger partial charge in [-0.15, -0.1) is 0 Å². The number of carbonyl (C=O) groups excluding carboxylic acids is 3. The van der Waals surface area contributed by atoms with E-state index in [1.54, 1.807) is 29.2 Å². The second kappa shape index (κ2) is 9.91. The number of hydrogen-bond acceptors (Lipinski definition) is 4. The first-order chi connectivity index (χ1) is 15.6. The predicted molar refractivity (Wildman–Crippen MR) is 121 cm³/mol. The summed E-state index contributed by atoms with van der Waals surface area (Å²) in [5, 5.41) is 12.7. The highest BCUT2D eigenvalue weighted by molar-refractivity contribution is 5.96. The number of rotatable bonds is 8. The highest BCUT2D eigenvalue weighted by Gasteiger charge is 2.26. The molecule has 3 amide bonds. The van der Waals surface area contributed by atoms with E-state index >= 15 is 0 Å². The van der Waals surface area contributed by atoms with Crippen molar-refractivity contribution in [3.63, 3.8) is 0 Å². The molecule has 2 heterocycles. The molecular weight excluding hydrogens is 406 g/mol. The van der Waals surface area contributed by atoms with Crippen LogP contribution in [0.15, 0.2) is 67.0 Å². The van der Waals surface area contributed by atoms with Crippen LogP contribution in [0, 0.1) is 5.92 Å². The first kappa shape index (κ1) is 21.3. The first-order valence-corrected chi connectivity index (χ1v) is 10.6. The maximum absolute atomic E-state index is 12.3. The summed E-state index contributed by atoms with van der Waals surface area (Å²) < 4.78 is 1.55. The van der Waals surface area contributed by atoms with Gasteiger partial charge in [0.05, 0.1) is 0 Å². The van der Waals surface area contributed by atoms with Gasteiger partial charge in [0.1, 0.15) is 6.54 Å². The van der Waals surface area contributed by atoms with Crippen LogP contribution in [-0.2, 0) is 33.9 Å². The summed E-state index contributed by atoms with van der Waals surface area (Å²) in [5.41, 5.74) is 3.49. The van der Waals surface area contributed by atoms with Gasteiger partial charge in [-0.3, -0.25) is 19.1 Å². The standard InChI is InChI=1S/C24H25N5O3/c30-22(10-9-19-14-18-6-1-2-8-21(18)28-24(19)32)25-15-17-5-3-7-20(13-17)27-23(31)16-29-12-4-11-26-29/h1-8,11-13,19H,9-10,14-16H2,(H,25,30)(H,27,31)(H,28,32). The van der Waals surface area contributed by atoms with Crippen LogP contribution in [0.25, 0.3) is 0 Å². The van der Waals surface area contributed by atoms with E-state index < -0.39 is 0 Å². The number of fused-ring (bicyclic) bond motifs is 1. The fraction of sp³-hybridized carbons (Fsp3) is 0.250. The van der Waals surface area contributed by atoms with Crippen molar-refractivity contribution < 1.29 is 14.4 Å². The van der Waals surface area contributed by atoms with Crippen molar-refractivity contribution in [3.05, 3.63) is 78.1 Å². The van der Waals surface area contributed by atoms with Crippen LogP contribution in [0.3, 0.4) is 0 Å². The molecule has 0 aliphatic carbocycles. The van der Waals surface area contributed by atoms with E-state index in [9.17, 15) is 14.4 Å².